The number of carbonyl (C=O) groups is 1. The van der Waals surface area contributed by atoms with Gasteiger partial charge in [0.15, 0.2) is 0 Å². The van der Waals surface area contributed by atoms with Crippen molar-refractivity contribution in [1.29, 1.82) is 0 Å². The summed E-state index contributed by atoms with van der Waals surface area (Å²) in [5.41, 5.74) is 0. The predicted molar refractivity (Wildman–Crippen MR) is 50.5 cm³/mol. The first kappa shape index (κ1) is 11.6. The molecule has 4 heteroatoms. The molecule has 2 unspecified atom stereocenters. The Kier molecular flexibility index (Phi) is 3.24. The zero-order valence-corrected chi connectivity index (χ0v) is 8.89. The predicted octanol–water partition coefficient (Wildman–Crippen LogP) is 2.08. The quantitative estimate of drug-likeness (QED) is 0.688. The van der Waals surface area contributed by atoms with Crippen LogP contribution < -0.4 is 0 Å². The zero-order valence-electron chi connectivity index (χ0n) is 8.89. The molecular formula is C10H17F2NO. The van der Waals surface area contributed by atoms with Crippen LogP contribution >= 0.6 is 0 Å². The van der Waals surface area contributed by atoms with Crippen LogP contribution in [0.4, 0.5) is 8.78 Å². The molecule has 0 aromatic heterocycles. The molecule has 0 aromatic carbocycles. The van der Waals surface area contributed by atoms with E-state index >= 15 is 0 Å². The summed E-state index contributed by atoms with van der Waals surface area (Å²) in [6.07, 6.45) is 0.811. The molecular weight excluding hydrogens is 188 g/mol. The topological polar surface area (TPSA) is 20.3 Å². The lowest BCUT2D eigenvalue weighted by Crippen LogP contribution is -2.52. The van der Waals surface area contributed by atoms with Crippen molar-refractivity contribution >= 4 is 5.78 Å². The van der Waals surface area contributed by atoms with Crippen LogP contribution in [0.5, 0.6) is 0 Å². The molecule has 2 atom stereocenters. The van der Waals surface area contributed by atoms with E-state index in [0.717, 1.165) is 6.92 Å². The van der Waals surface area contributed by atoms with Gasteiger partial charge in [0.1, 0.15) is 5.78 Å². The van der Waals surface area contributed by atoms with E-state index in [1.165, 1.54) is 6.92 Å². The van der Waals surface area contributed by atoms with Gasteiger partial charge >= 0.3 is 0 Å². The van der Waals surface area contributed by atoms with E-state index in [1.807, 2.05) is 6.92 Å². The SMILES string of the molecule is CC1CC(=O)CCN1C(C)C(C)(F)F. The summed E-state index contributed by atoms with van der Waals surface area (Å²) in [6, 6.07) is -0.845. The Balaban J connectivity index is 2.64. The second kappa shape index (κ2) is 3.93. The van der Waals surface area contributed by atoms with Gasteiger partial charge in [-0.25, -0.2) is 8.78 Å². The molecule has 0 bridgehead atoms. The van der Waals surface area contributed by atoms with E-state index in [-0.39, 0.29) is 11.8 Å². The molecule has 14 heavy (non-hydrogen) atoms. The Morgan fingerprint density at radius 1 is 1.57 bits per heavy atom. The minimum Gasteiger partial charge on any atom is -0.300 e. The van der Waals surface area contributed by atoms with E-state index in [0.29, 0.717) is 19.4 Å². The van der Waals surface area contributed by atoms with Gasteiger partial charge in [0.2, 0.25) is 0 Å². The molecule has 1 aliphatic heterocycles. The van der Waals surface area contributed by atoms with Crippen molar-refractivity contribution in [2.45, 2.75) is 51.6 Å². The number of alkyl halides is 2. The molecule has 0 amide bonds. The summed E-state index contributed by atoms with van der Waals surface area (Å²) in [5, 5.41) is 0. The number of likely N-dealkylation sites (tertiary alicyclic amines) is 1. The van der Waals surface area contributed by atoms with Crippen LogP contribution in [0.2, 0.25) is 0 Å². The third-order valence-corrected chi connectivity index (χ3v) is 2.97. The first-order chi connectivity index (χ1) is 6.32. The summed E-state index contributed by atoms with van der Waals surface area (Å²) in [5.74, 6) is -2.52. The average molecular weight is 205 g/mol. The highest BCUT2D eigenvalue weighted by Gasteiger charge is 2.38. The van der Waals surface area contributed by atoms with Crippen molar-refractivity contribution < 1.29 is 13.6 Å². The van der Waals surface area contributed by atoms with Crippen LogP contribution in [-0.4, -0.2) is 35.2 Å². The highest BCUT2D eigenvalue weighted by atomic mass is 19.3. The standard InChI is InChI=1S/C10H17F2NO/c1-7-6-9(14)4-5-13(7)8(2)10(3,11)12/h7-8H,4-6H2,1-3H3. The fraction of sp³-hybridized carbons (Fsp3) is 0.900. The first-order valence-corrected chi connectivity index (χ1v) is 4.97. The van der Waals surface area contributed by atoms with Gasteiger partial charge in [-0.2, -0.15) is 0 Å². The van der Waals surface area contributed by atoms with E-state index in [1.54, 1.807) is 4.90 Å². The second-order valence-electron chi connectivity index (χ2n) is 4.21. The third kappa shape index (κ3) is 2.50. The summed E-state index contributed by atoms with van der Waals surface area (Å²) in [6.45, 7) is 4.75. The van der Waals surface area contributed by atoms with Crippen molar-refractivity contribution in [2.75, 3.05) is 6.54 Å². The van der Waals surface area contributed by atoms with Crippen LogP contribution in [0.25, 0.3) is 0 Å². The van der Waals surface area contributed by atoms with Crippen molar-refractivity contribution in [3.05, 3.63) is 0 Å². The lowest BCUT2D eigenvalue weighted by atomic mass is 9.98. The maximum atomic E-state index is 13.0. The van der Waals surface area contributed by atoms with Crippen molar-refractivity contribution in [2.24, 2.45) is 0 Å². The Bertz CT molecular complexity index is 225. The lowest BCUT2D eigenvalue weighted by molar-refractivity contribution is -0.128. The monoisotopic (exact) mass is 205 g/mol. The van der Waals surface area contributed by atoms with E-state index < -0.39 is 12.0 Å². The van der Waals surface area contributed by atoms with Gasteiger partial charge in [-0.3, -0.25) is 9.69 Å². The highest BCUT2D eigenvalue weighted by Crippen LogP contribution is 2.27. The number of hydrogen-bond donors (Lipinski definition) is 0. The number of piperidine rings is 1. The van der Waals surface area contributed by atoms with Gasteiger partial charge in [-0.05, 0) is 13.8 Å². The van der Waals surface area contributed by atoms with Gasteiger partial charge < -0.3 is 0 Å². The molecule has 1 fully saturated rings. The molecule has 1 heterocycles. The molecule has 1 aliphatic rings. The van der Waals surface area contributed by atoms with E-state index in [4.69, 9.17) is 0 Å². The van der Waals surface area contributed by atoms with E-state index in [2.05, 4.69) is 0 Å². The number of ketones is 1. The van der Waals surface area contributed by atoms with Gasteiger partial charge in [0.25, 0.3) is 5.92 Å². The molecule has 0 spiro atoms. The molecule has 82 valence electrons. The fourth-order valence-electron chi connectivity index (χ4n) is 1.89. The fourth-order valence-corrected chi connectivity index (χ4v) is 1.89. The largest absolute Gasteiger partial charge is 0.300 e. The number of nitrogens with zero attached hydrogens (tertiary/aromatic N) is 1. The Hall–Kier alpha value is -0.510. The van der Waals surface area contributed by atoms with Crippen LogP contribution in [0.1, 0.15) is 33.6 Å². The van der Waals surface area contributed by atoms with Gasteiger partial charge in [0, 0.05) is 32.4 Å². The van der Waals surface area contributed by atoms with Crippen LogP contribution in [0, 0.1) is 0 Å². The molecule has 1 saturated heterocycles. The van der Waals surface area contributed by atoms with Crippen molar-refractivity contribution in [3.63, 3.8) is 0 Å². The second-order valence-corrected chi connectivity index (χ2v) is 4.21. The Morgan fingerprint density at radius 2 is 2.14 bits per heavy atom. The summed E-state index contributed by atoms with van der Waals surface area (Å²) in [4.78, 5) is 12.8. The molecule has 0 saturated carbocycles. The number of rotatable bonds is 2. The number of carbonyl (C=O) groups excluding carboxylic acids is 1. The van der Waals surface area contributed by atoms with Crippen molar-refractivity contribution in [1.82, 2.24) is 4.90 Å². The molecule has 2 nitrogen and oxygen atoms in total. The van der Waals surface area contributed by atoms with Gasteiger partial charge in [0.05, 0.1) is 6.04 Å². The molecule has 1 rings (SSSR count). The smallest absolute Gasteiger partial charge is 0.260 e. The normalized spacial score (nSPS) is 27.8. The third-order valence-electron chi connectivity index (χ3n) is 2.97. The summed E-state index contributed by atoms with van der Waals surface area (Å²) in [7, 11) is 0. The van der Waals surface area contributed by atoms with Gasteiger partial charge in [-0.1, -0.05) is 0 Å². The minimum absolute atomic E-state index is 0.0583. The van der Waals surface area contributed by atoms with Crippen LogP contribution in [0.3, 0.4) is 0 Å². The number of halogens is 2. The lowest BCUT2D eigenvalue weighted by Gasteiger charge is -2.39. The molecule has 0 N–H and O–H groups in total. The van der Waals surface area contributed by atoms with E-state index in [9.17, 15) is 13.6 Å². The van der Waals surface area contributed by atoms with Gasteiger partial charge in [-0.15, -0.1) is 0 Å². The van der Waals surface area contributed by atoms with Crippen LogP contribution in [-0.2, 0) is 4.79 Å². The minimum atomic E-state index is -2.70. The molecule has 0 aliphatic carbocycles. The summed E-state index contributed by atoms with van der Waals surface area (Å²) < 4.78 is 26.1. The average Bonchev–Trinajstić information content (AvgIpc) is 2.01. The maximum Gasteiger partial charge on any atom is 0.260 e. The van der Waals surface area contributed by atoms with Crippen LogP contribution in [0.15, 0.2) is 0 Å². The summed E-state index contributed by atoms with van der Waals surface area (Å²) >= 11 is 0. The zero-order chi connectivity index (χ0) is 10.9. The highest BCUT2D eigenvalue weighted by molar-refractivity contribution is 5.79. The van der Waals surface area contributed by atoms with Crippen molar-refractivity contribution in [3.8, 4) is 0 Å². The maximum absolute atomic E-state index is 13.0. The molecule has 0 radical (unpaired) electrons. The Morgan fingerprint density at radius 3 is 2.57 bits per heavy atom. The Labute approximate surface area is 83.3 Å². The first-order valence-electron chi connectivity index (χ1n) is 4.97. The number of hydrogen-bond acceptors (Lipinski definition) is 2. The molecule has 0 aromatic rings. The number of Topliss-reactive ketones (excluding diaryl/α,β-unsaturated/α-hetero) is 1.